The summed E-state index contributed by atoms with van der Waals surface area (Å²) in [5.41, 5.74) is 0. The van der Waals surface area contributed by atoms with Gasteiger partial charge in [-0.2, -0.15) is 0 Å². The van der Waals surface area contributed by atoms with Crippen molar-refractivity contribution in [3.63, 3.8) is 0 Å². The first-order valence-corrected chi connectivity index (χ1v) is 6.40. The van der Waals surface area contributed by atoms with E-state index in [9.17, 15) is 10.2 Å². The second-order valence-corrected chi connectivity index (χ2v) is 5.13. The Bertz CT molecular complexity index is 259. The van der Waals surface area contributed by atoms with Crippen LogP contribution in [0.1, 0.15) is 39.0 Å². The molecular weight excluding hydrogens is 224 g/mol. The highest BCUT2D eigenvalue weighted by atomic mass is 16.7. The molecule has 5 nitrogen and oxygen atoms in total. The summed E-state index contributed by atoms with van der Waals surface area (Å²) in [6.07, 6.45) is 1.20. The van der Waals surface area contributed by atoms with Crippen LogP contribution in [0.3, 0.4) is 0 Å². The van der Waals surface area contributed by atoms with E-state index in [2.05, 4.69) is 0 Å². The van der Waals surface area contributed by atoms with Crippen molar-refractivity contribution in [3.8, 4) is 0 Å². The fourth-order valence-electron chi connectivity index (χ4n) is 2.81. The van der Waals surface area contributed by atoms with Gasteiger partial charge in [0.1, 0.15) is 6.10 Å². The normalized spacial score (nSPS) is 47.3. The zero-order valence-corrected chi connectivity index (χ0v) is 10.2. The first kappa shape index (κ1) is 13.2. The number of ether oxygens (including phenoxy) is 2. The molecule has 0 aromatic carbocycles. The van der Waals surface area contributed by atoms with E-state index in [4.69, 9.17) is 14.6 Å². The fraction of sp³-hybridized carbons (Fsp3) is 1.00. The van der Waals surface area contributed by atoms with Crippen LogP contribution in [0.5, 0.6) is 0 Å². The maximum Gasteiger partial charge on any atom is 0.197 e. The lowest BCUT2D eigenvalue weighted by molar-refractivity contribution is -0.365. The molecule has 2 aliphatic heterocycles. The first-order valence-electron chi connectivity index (χ1n) is 6.40. The van der Waals surface area contributed by atoms with Crippen LogP contribution >= 0.6 is 0 Å². The van der Waals surface area contributed by atoms with Gasteiger partial charge in [-0.15, -0.1) is 0 Å². The van der Waals surface area contributed by atoms with Gasteiger partial charge in [0, 0.05) is 19.4 Å². The molecule has 0 unspecified atom stereocenters. The van der Waals surface area contributed by atoms with Crippen molar-refractivity contribution in [2.45, 2.75) is 69.2 Å². The van der Waals surface area contributed by atoms with E-state index >= 15 is 0 Å². The fourth-order valence-corrected chi connectivity index (χ4v) is 2.81. The van der Waals surface area contributed by atoms with Gasteiger partial charge in [0.25, 0.3) is 0 Å². The molecule has 100 valence electrons. The zero-order valence-electron chi connectivity index (χ0n) is 10.2. The standard InChI is InChI=1S/C12H22O5/c1-8-3-2-5-12(16-8)11(15)10(14)7-9(17-12)4-6-13/h8-11,13-15H,2-7H2,1H3/t8-,9-,10-,11+,12-/m1/s1. The molecule has 17 heavy (non-hydrogen) atoms. The largest absolute Gasteiger partial charge is 0.396 e. The summed E-state index contributed by atoms with van der Waals surface area (Å²) in [4.78, 5) is 0. The van der Waals surface area contributed by atoms with E-state index in [0.29, 0.717) is 19.3 Å². The van der Waals surface area contributed by atoms with Gasteiger partial charge >= 0.3 is 0 Å². The first-order chi connectivity index (χ1) is 8.07. The molecule has 1 spiro atoms. The number of rotatable bonds is 2. The Kier molecular flexibility index (Phi) is 4.05. The van der Waals surface area contributed by atoms with Crippen molar-refractivity contribution in [2.24, 2.45) is 0 Å². The van der Waals surface area contributed by atoms with Crippen LogP contribution in [-0.2, 0) is 9.47 Å². The minimum Gasteiger partial charge on any atom is -0.396 e. The molecule has 5 atom stereocenters. The molecule has 3 N–H and O–H groups in total. The molecule has 2 fully saturated rings. The zero-order chi connectivity index (χ0) is 12.5. The Morgan fingerprint density at radius 3 is 2.71 bits per heavy atom. The molecule has 5 heteroatoms. The summed E-state index contributed by atoms with van der Waals surface area (Å²) >= 11 is 0. The van der Waals surface area contributed by atoms with Crippen molar-refractivity contribution in [2.75, 3.05) is 6.61 Å². The molecule has 0 saturated carbocycles. The van der Waals surface area contributed by atoms with Crippen molar-refractivity contribution in [1.82, 2.24) is 0 Å². The van der Waals surface area contributed by atoms with Gasteiger partial charge in [-0.3, -0.25) is 0 Å². The van der Waals surface area contributed by atoms with Crippen LogP contribution in [0.4, 0.5) is 0 Å². The summed E-state index contributed by atoms with van der Waals surface area (Å²) in [7, 11) is 0. The number of aliphatic hydroxyl groups excluding tert-OH is 3. The minimum atomic E-state index is -1.07. The van der Waals surface area contributed by atoms with Crippen LogP contribution in [0.2, 0.25) is 0 Å². The van der Waals surface area contributed by atoms with Crippen molar-refractivity contribution in [3.05, 3.63) is 0 Å². The highest BCUT2D eigenvalue weighted by Crippen LogP contribution is 2.40. The topological polar surface area (TPSA) is 79.2 Å². The van der Waals surface area contributed by atoms with Crippen molar-refractivity contribution in [1.29, 1.82) is 0 Å². The number of aliphatic hydroxyl groups is 3. The maximum absolute atomic E-state index is 10.1. The van der Waals surface area contributed by atoms with E-state index in [-0.39, 0.29) is 18.8 Å². The lowest BCUT2D eigenvalue weighted by Crippen LogP contribution is -2.61. The van der Waals surface area contributed by atoms with Gasteiger partial charge in [-0.05, 0) is 26.2 Å². The summed E-state index contributed by atoms with van der Waals surface area (Å²) in [6, 6.07) is 0. The van der Waals surface area contributed by atoms with Gasteiger partial charge in [0.15, 0.2) is 5.79 Å². The Morgan fingerprint density at radius 1 is 1.29 bits per heavy atom. The second kappa shape index (κ2) is 5.20. The predicted octanol–water partition coefficient (Wildman–Crippen LogP) is 0.165. The highest BCUT2D eigenvalue weighted by Gasteiger charge is 2.51. The van der Waals surface area contributed by atoms with Gasteiger partial charge in [0.05, 0.1) is 18.3 Å². The molecule has 0 aliphatic carbocycles. The third kappa shape index (κ3) is 2.63. The van der Waals surface area contributed by atoms with Gasteiger partial charge in [0.2, 0.25) is 0 Å². The smallest absolute Gasteiger partial charge is 0.197 e. The lowest BCUT2D eigenvalue weighted by atomic mass is 9.88. The molecule has 0 amide bonds. The van der Waals surface area contributed by atoms with Gasteiger partial charge in [-0.1, -0.05) is 0 Å². The molecule has 2 saturated heterocycles. The average Bonchev–Trinajstić information content (AvgIpc) is 2.26. The van der Waals surface area contributed by atoms with Crippen molar-refractivity contribution >= 4 is 0 Å². The monoisotopic (exact) mass is 246 g/mol. The van der Waals surface area contributed by atoms with Crippen LogP contribution in [0, 0.1) is 0 Å². The van der Waals surface area contributed by atoms with Crippen LogP contribution in [0.15, 0.2) is 0 Å². The predicted molar refractivity (Wildman–Crippen MR) is 60.3 cm³/mol. The minimum absolute atomic E-state index is 0.0130. The Labute approximate surface area is 101 Å². The molecular formula is C12H22O5. The van der Waals surface area contributed by atoms with Gasteiger partial charge < -0.3 is 24.8 Å². The summed E-state index contributed by atoms with van der Waals surface area (Å²) in [5, 5.41) is 28.9. The van der Waals surface area contributed by atoms with Crippen molar-refractivity contribution < 1.29 is 24.8 Å². The van der Waals surface area contributed by atoms with Crippen LogP contribution in [0.25, 0.3) is 0 Å². The van der Waals surface area contributed by atoms with Crippen LogP contribution < -0.4 is 0 Å². The average molecular weight is 246 g/mol. The van der Waals surface area contributed by atoms with E-state index in [1.54, 1.807) is 0 Å². The van der Waals surface area contributed by atoms with E-state index in [1.165, 1.54) is 0 Å². The Balaban J connectivity index is 2.11. The Morgan fingerprint density at radius 2 is 2.06 bits per heavy atom. The SMILES string of the molecule is C[C@@H]1CCC[C@]2(O[C@H](CCO)C[C@@H](O)[C@@H]2O)O1. The van der Waals surface area contributed by atoms with Gasteiger partial charge in [-0.25, -0.2) is 0 Å². The highest BCUT2D eigenvalue weighted by molar-refractivity contribution is 4.94. The quantitative estimate of drug-likeness (QED) is 0.647. The summed E-state index contributed by atoms with van der Waals surface area (Å²) in [5.74, 6) is -1.07. The molecule has 0 radical (unpaired) electrons. The maximum atomic E-state index is 10.1. The molecule has 0 bridgehead atoms. The third-order valence-corrected chi connectivity index (χ3v) is 3.67. The summed E-state index contributed by atoms with van der Waals surface area (Å²) in [6.45, 7) is 1.96. The molecule has 2 aliphatic rings. The van der Waals surface area contributed by atoms with Crippen LogP contribution in [-0.4, -0.2) is 52.1 Å². The third-order valence-electron chi connectivity index (χ3n) is 3.67. The molecule has 2 rings (SSSR count). The summed E-state index contributed by atoms with van der Waals surface area (Å²) < 4.78 is 11.6. The molecule has 0 aromatic rings. The molecule has 2 heterocycles. The number of hydrogen-bond acceptors (Lipinski definition) is 5. The van der Waals surface area contributed by atoms with E-state index in [1.807, 2.05) is 6.92 Å². The van der Waals surface area contributed by atoms with E-state index < -0.39 is 18.0 Å². The second-order valence-electron chi connectivity index (χ2n) is 5.13. The number of hydrogen-bond donors (Lipinski definition) is 3. The Hall–Kier alpha value is -0.200. The van der Waals surface area contributed by atoms with E-state index in [0.717, 1.165) is 12.8 Å². The lowest BCUT2D eigenvalue weighted by Gasteiger charge is -2.49. The molecule has 0 aromatic heterocycles.